The summed E-state index contributed by atoms with van der Waals surface area (Å²) in [6.45, 7) is 7.39. The first kappa shape index (κ1) is 13.8. The van der Waals surface area contributed by atoms with Crippen molar-refractivity contribution in [2.45, 2.75) is 39.0 Å². The Labute approximate surface area is 117 Å². The van der Waals surface area contributed by atoms with Crippen molar-refractivity contribution in [3.8, 4) is 0 Å². The van der Waals surface area contributed by atoms with Crippen molar-refractivity contribution >= 4 is 21.6 Å². The molecule has 0 saturated carbocycles. The molecule has 1 fully saturated rings. The molecular formula is C14H20BrNO2. The zero-order valence-corrected chi connectivity index (χ0v) is 12.7. The SMILES string of the molecule is CCc1cc(Br)ccc1NC1COC(C)(C)OC1. The van der Waals surface area contributed by atoms with Gasteiger partial charge in [-0.15, -0.1) is 0 Å². The van der Waals surface area contributed by atoms with Crippen LogP contribution in [0.5, 0.6) is 0 Å². The van der Waals surface area contributed by atoms with Crippen LogP contribution in [0.2, 0.25) is 0 Å². The topological polar surface area (TPSA) is 30.5 Å². The Morgan fingerprint density at radius 3 is 2.61 bits per heavy atom. The zero-order chi connectivity index (χ0) is 13.2. The summed E-state index contributed by atoms with van der Waals surface area (Å²) in [7, 11) is 0. The number of nitrogens with one attached hydrogen (secondary N) is 1. The van der Waals surface area contributed by atoms with Crippen LogP contribution < -0.4 is 5.32 Å². The number of hydrogen-bond donors (Lipinski definition) is 1. The molecule has 0 aromatic heterocycles. The van der Waals surface area contributed by atoms with Gasteiger partial charge in [-0.2, -0.15) is 0 Å². The first-order valence-electron chi connectivity index (χ1n) is 6.33. The largest absolute Gasteiger partial charge is 0.377 e. The first-order valence-corrected chi connectivity index (χ1v) is 7.12. The average molecular weight is 314 g/mol. The second kappa shape index (κ2) is 5.59. The fourth-order valence-corrected chi connectivity index (χ4v) is 2.40. The van der Waals surface area contributed by atoms with Crippen molar-refractivity contribution < 1.29 is 9.47 Å². The maximum Gasteiger partial charge on any atom is 0.162 e. The van der Waals surface area contributed by atoms with E-state index in [2.05, 4.69) is 46.4 Å². The highest BCUT2D eigenvalue weighted by atomic mass is 79.9. The lowest BCUT2D eigenvalue weighted by molar-refractivity contribution is -0.247. The fourth-order valence-electron chi connectivity index (χ4n) is 1.99. The molecule has 4 heteroatoms. The van der Waals surface area contributed by atoms with Crippen LogP contribution in [0.1, 0.15) is 26.3 Å². The van der Waals surface area contributed by atoms with E-state index in [4.69, 9.17) is 9.47 Å². The standard InChI is InChI=1S/C14H20BrNO2/c1-4-10-7-11(15)5-6-13(10)16-12-8-17-14(2,3)18-9-12/h5-7,12,16H,4,8-9H2,1-3H3. The Hall–Kier alpha value is -0.580. The van der Waals surface area contributed by atoms with Crippen molar-refractivity contribution in [1.29, 1.82) is 0 Å². The van der Waals surface area contributed by atoms with Crippen LogP contribution in [0, 0.1) is 0 Å². The van der Waals surface area contributed by atoms with Crippen LogP contribution in [0.25, 0.3) is 0 Å². The summed E-state index contributed by atoms with van der Waals surface area (Å²) in [6.07, 6.45) is 1.00. The maximum absolute atomic E-state index is 5.65. The minimum atomic E-state index is -0.453. The van der Waals surface area contributed by atoms with Crippen molar-refractivity contribution in [3.63, 3.8) is 0 Å². The molecule has 0 bridgehead atoms. The van der Waals surface area contributed by atoms with E-state index >= 15 is 0 Å². The Kier molecular flexibility index (Phi) is 4.30. The monoisotopic (exact) mass is 313 g/mol. The van der Waals surface area contributed by atoms with Crippen LogP contribution >= 0.6 is 15.9 Å². The minimum absolute atomic E-state index is 0.213. The minimum Gasteiger partial charge on any atom is -0.377 e. The fraction of sp³-hybridized carbons (Fsp3) is 0.571. The van der Waals surface area contributed by atoms with Crippen molar-refractivity contribution in [3.05, 3.63) is 28.2 Å². The lowest BCUT2D eigenvalue weighted by Crippen LogP contribution is -2.45. The van der Waals surface area contributed by atoms with Crippen molar-refractivity contribution in [1.82, 2.24) is 0 Å². The maximum atomic E-state index is 5.65. The molecule has 100 valence electrons. The van der Waals surface area contributed by atoms with Crippen LogP contribution in [0.15, 0.2) is 22.7 Å². The summed E-state index contributed by atoms with van der Waals surface area (Å²) in [5.74, 6) is -0.453. The van der Waals surface area contributed by atoms with E-state index in [0.717, 1.165) is 16.6 Å². The van der Waals surface area contributed by atoms with Gasteiger partial charge in [0.25, 0.3) is 0 Å². The third-order valence-electron chi connectivity index (χ3n) is 3.07. The summed E-state index contributed by atoms with van der Waals surface area (Å²) in [5, 5.41) is 3.49. The first-order chi connectivity index (χ1) is 8.50. The van der Waals surface area contributed by atoms with Gasteiger partial charge in [-0.1, -0.05) is 22.9 Å². The molecule has 1 heterocycles. The van der Waals surface area contributed by atoms with E-state index in [9.17, 15) is 0 Å². The summed E-state index contributed by atoms with van der Waals surface area (Å²) in [5.41, 5.74) is 2.46. The van der Waals surface area contributed by atoms with Gasteiger partial charge in [-0.05, 0) is 44.0 Å². The molecule has 2 rings (SSSR count). The van der Waals surface area contributed by atoms with Crippen LogP contribution in [0.4, 0.5) is 5.69 Å². The van der Waals surface area contributed by atoms with Crippen LogP contribution in [-0.4, -0.2) is 25.0 Å². The Balaban J connectivity index is 2.02. The summed E-state index contributed by atoms with van der Waals surface area (Å²) in [4.78, 5) is 0. The van der Waals surface area contributed by atoms with Gasteiger partial charge in [-0.3, -0.25) is 0 Å². The molecular weight excluding hydrogens is 294 g/mol. The van der Waals surface area contributed by atoms with Gasteiger partial charge in [-0.25, -0.2) is 0 Å². The van der Waals surface area contributed by atoms with Gasteiger partial charge in [0, 0.05) is 10.2 Å². The number of benzene rings is 1. The second-order valence-corrected chi connectivity index (χ2v) is 5.93. The molecule has 0 spiro atoms. The number of aryl methyl sites for hydroxylation is 1. The van der Waals surface area contributed by atoms with Crippen LogP contribution in [0.3, 0.4) is 0 Å². The van der Waals surface area contributed by atoms with Gasteiger partial charge in [0.05, 0.1) is 19.3 Å². The predicted molar refractivity (Wildman–Crippen MR) is 76.9 cm³/mol. The lowest BCUT2D eigenvalue weighted by atomic mass is 10.1. The third kappa shape index (κ3) is 3.46. The highest BCUT2D eigenvalue weighted by Crippen LogP contribution is 2.24. The van der Waals surface area contributed by atoms with E-state index < -0.39 is 5.79 Å². The summed E-state index contributed by atoms with van der Waals surface area (Å²) >= 11 is 3.50. The number of rotatable bonds is 3. The van der Waals surface area contributed by atoms with E-state index in [1.165, 1.54) is 5.56 Å². The van der Waals surface area contributed by atoms with Gasteiger partial charge in [0.1, 0.15) is 0 Å². The average Bonchev–Trinajstić information content (AvgIpc) is 2.34. The molecule has 1 aromatic carbocycles. The predicted octanol–water partition coefficient (Wildman–Crippen LogP) is 3.57. The van der Waals surface area contributed by atoms with E-state index in [1.54, 1.807) is 0 Å². The molecule has 18 heavy (non-hydrogen) atoms. The zero-order valence-electron chi connectivity index (χ0n) is 11.1. The highest BCUT2D eigenvalue weighted by Gasteiger charge is 2.28. The molecule has 0 radical (unpaired) electrons. The van der Waals surface area contributed by atoms with Crippen LogP contribution in [-0.2, 0) is 15.9 Å². The molecule has 1 aliphatic heterocycles. The van der Waals surface area contributed by atoms with E-state index in [-0.39, 0.29) is 6.04 Å². The quantitative estimate of drug-likeness (QED) is 0.925. The lowest BCUT2D eigenvalue weighted by Gasteiger charge is -2.35. The molecule has 1 aliphatic rings. The molecule has 1 aromatic rings. The normalized spacial score (nSPS) is 19.8. The molecule has 0 amide bonds. The smallest absolute Gasteiger partial charge is 0.162 e. The third-order valence-corrected chi connectivity index (χ3v) is 3.57. The Morgan fingerprint density at radius 1 is 1.33 bits per heavy atom. The second-order valence-electron chi connectivity index (χ2n) is 5.02. The summed E-state index contributed by atoms with van der Waals surface area (Å²) < 4.78 is 12.4. The Morgan fingerprint density at radius 2 is 2.00 bits per heavy atom. The molecule has 0 aliphatic carbocycles. The molecule has 0 atom stereocenters. The number of anilines is 1. The highest BCUT2D eigenvalue weighted by molar-refractivity contribution is 9.10. The van der Waals surface area contributed by atoms with E-state index in [1.807, 2.05) is 13.8 Å². The number of hydrogen-bond acceptors (Lipinski definition) is 3. The van der Waals surface area contributed by atoms with Gasteiger partial charge < -0.3 is 14.8 Å². The van der Waals surface area contributed by atoms with Crippen molar-refractivity contribution in [2.24, 2.45) is 0 Å². The molecule has 0 unspecified atom stereocenters. The van der Waals surface area contributed by atoms with Gasteiger partial charge in [0.2, 0.25) is 0 Å². The molecule has 1 saturated heterocycles. The van der Waals surface area contributed by atoms with E-state index in [0.29, 0.717) is 13.2 Å². The number of halogens is 1. The Bertz CT molecular complexity index is 410. The number of ether oxygens (including phenoxy) is 2. The van der Waals surface area contributed by atoms with Crippen molar-refractivity contribution in [2.75, 3.05) is 18.5 Å². The molecule has 3 nitrogen and oxygen atoms in total. The van der Waals surface area contributed by atoms with Gasteiger partial charge >= 0.3 is 0 Å². The summed E-state index contributed by atoms with van der Waals surface area (Å²) in [6, 6.07) is 6.51. The van der Waals surface area contributed by atoms with Gasteiger partial charge in [0.15, 0.2) is 5.79 Å². The molecule has 1 N–H and O–H groups in total.